The van der Waals surface area contributed by atoms with Gasteiger partial charge in [-0.25, -0.2) is 14.6 Å². The van der Waals surface area contributed by atoms with E-state index in [0.29, 0.717) is 22.6 Å². The van der Waals surface area contributed by atoms with E-state index in [4.69, 9.17) is 25.7 Å². The van der Waals surface area contributed by atoms with Crippen molar-refractivity contribution in [1.29, 1.82) is 0 Å². The summed E-state index contributed by atoms with van der Waals surface area (Å²) in [4.78, 5) is 40.6. The van der Waals surface area contributed by atoms with Crippen molar-refractivity contribution in [2.24, 2.45) is 16.5 Å². The van der Waals surface area contributed by atoms with Gasteiger partial charge in [-0.05, 0) is 76.6 Å². The molecule has 9 heteroatoms. The van der Waals surface area contributed by atoms with Crippen LogP contribution in [-0.4, -0.2) is 36.1 Å². The second kappa shape index (κ2) is 10.2. The molecule has 0 amide bonds. The molecule has 0 bridgehead atoms. The highest BCUT2D eigenvalue weighted by Crippen LogP contribution is 2.27. The molecule has 0 fully saturated rings. The van der Waals surface area contributed by atoms with E-state index in [1.54, 1.807) is 83.1 Å². The summed E-state index contributed by atoms with van der Waals surface area (Å²) in [7, 11) is 0. The number of carbonyl (C=O) groups is 3. The molecule has 0 spiro atoms. The minimum absolute atomic E-state index is 0.0814. The Labute approximate surface area is 192 Å². The summed E-state index contributed by atoms with van der Waals surface area (Å²) in [6, 6.07) is 12.7. The second-order valence-electron chi connectivity index (χ2n) is 8.79. The Morgan fingerprint density at radius 2 is 1.45 bits per heavy atom. The number of guanidine groups is 1. The van der Waals surface area contributed by atoms with Crippen LogP contribution < -0.4 is 16.2 Å². The number of aliphatic imine (C=N–C) groups is 1. The minimum atomic E-state index is -1.04. The maximum absolute atomic E-state index is 12.5. The first-order valence-corrected chi connectivity index (χ1v) is 10.2. The van der Waals surface area contributed by atoms with Crippen LogP contribution in [0.5, 0.6) is 5.75 Å². The smallest absolute Gasteiger partial charge is 0.344 e. The molecular weight excluding hydrogens is 426 g/mol. The van der Waals surface area contributed by atoms with Crippen LogP contribution in [0.25, 0.3) is 0 Å². The van der Waals surface area contributed by atoms with Gasteiger partial charge in [0.15, 0.2) is 12.6 Å². The van der Waals surface area contributed by atoms with Crippen molar-refractivity contribution in [2.45, 2.75) is 45.6 Å². The van der Waals surface area contributed by atoms with Gasteiger partial charge >= 0.3 is 17.9 Å². The summed E-state index contributed by atoms with van der Waals surface area (Å²) in [5.41, 5.74) is 10.4. The molecule has 0 aromatic heterocycles. The lowest BCUT2D eigenvalue weighted by Crippen LogP contribution is -2.34. The van der Waals surface area contributed by atoms with Crippen LogP contribution in [0.15, 0.2) is 53.5 Å². The number of benzene rings is 2. The van der Waals surface area contributed by atoms with Gasteiger partial charge in [-0.2, -0.15) is 0 Å². The van der Waals surface area contributed by atoms with Crippen LogP contribution in [0.1, 0.15) is 50.5 Å². The Hall–Kier alpha value is -3.88. The molecule has 4 N–H and O–H groups in total. The van der Waals surface area contributed by atoms with Crippen molar-refractivity contribution in [3.63, 3.8) is 0 Å². The van der Waals surface area contributed by atoms with E-state index >= 15 is 0 Å². The fourth-order valence-electron chi connectivity index (χ4n) is 2.72. The molecular formula is C24H29N3O6. The number of rotatable bonds is 7. The van der Waals surface area contributed by atoms with Gasteiger partial charge < -0.3 is 25.7 Å². The normalized spacial score (nSPS) is 11.3. The first-order valence-electron chi connectivity index (χ1n) is 10.2. The molecule has 9 nitrogen and oxygen atoms in total. The molecule has 0 heterocycles. The molecule has 0 unspecified atom stereocenters. The number of hydrogen-bond acceptors (Lipinski definition) is 7. The number of esters is 3. The van der Waals surface area contributed by atoms with E-state index in [-0.39, 0.29) is 5.96 Å². The summed E-state index contributed by atoms with van der Waals surface area (Å²) < 4.78 is 15.6. The lowest BCUT2D eigenvalue weighted by molar-refractivity contribution is -0.168. The van der Waals surface area contributed by atoms with Crippen molar-refractivity contribution in [1.82, 2.24) is 0 Å². The third kappa shape index (κ3) is 7.64. The van der Waals surface area contributed by atoms with Gasteiger partial charge in [-0.15, -0.1) is 0 Å². The van der Waals surface area contributed by atoms with Gasteiger partial charge in [0.2, 0.25) is 0 Å². The van der Waals surface area contributed by atoms with Crippen LogP contribution >= 0.6 is 0 Å². The zero-order valence-electron chi connectivity index (χ0n) is 19.4. The van der Waals surface area contributed by atoms with Gasteiger partial charge in [0.1, 0.15) is 11.4 Å². The SMILES string of the molecule is CC(C)(C)OC(=O)COC(=O)C(C)(C)c1ccc(OC(=O)c2ccc(N=C(N)N)cc2)cc1. The van der Waals surface area contributed by atoms with Crippen LogP contribution in [0, 0.1) is 0 Å². The molecule has 0 radical (unpaired) electrons. The molecule has 0 aliphatic rings. The maximum Gasteiger partial charge on any atom is 0.344 e. The third-order valence-corrected chi connectivity index (χ3v) is 4.40. The molecule has 0 saturated heterocycles. The number of nitrogens with two attached hydrogens (primary N) is 2. The van der Waals surface area contributed by atoms with E-state index in [0.717, 1.165) is 0 Å². The number of carbonyl (C=O) groups excluding carboxylic acids is 3. The molecule has 0 atom stereocenters. The van der Waals surface area contributed by atoms with Crippen LogP contribution in [0.4, 0.5) is 5.69 Å². The van der Waals surface area contributed by atoms with Crippen molar-refractivity contribution in [3.8, 4) is 5.75 Å². The molecule has 2 rings (SSSR count). The number of ether oxygens (including phenoxy) is 3. The third-order valence-electron chi connectivity index (χ3n) is 4.40. The number of nitrogens with zero attached hydrogens (tertiary/aromatic N) is 1. The van der Waals surface area contributed by atoms with E-state index in [9.17, 15) is 14.4 Å². The molecule has 2 aromatic rings. The zero-order chi connectivity index (χ0) is 24.8. The summed E-state index contributed by atoms with van der Waals surface area (Å²) in [6.07, 6.45) is 0. The van der Waals surface area contributed by atoms with Gasteiger partial charge in [-0.3, -0.25) is 4.79 Å². The Bertz CT molecular complexity index is 1030. The lowest BCUT2D eigenvalue weighted by Gasteiger charge is -2.24. The Kier molecular flexibility index (Phi) is 7.81. The highest BCUT2D eigenvalue weighted by Gasteiger charge is 2.32. The Morgan fingerprint density at radius 1 is 0.879 bits per heavy atom. The van der Waals surface area contributed by atoms with Gasteiger partial charge in [0.05, 0.1) is 16.7 Å². The average molecular weight is 456 g/mol. The van der Waals surface area contributed by atoms with E-state index in [1.165, 1.54) is 0 Å². The summed E-state index contributed by atoms with van der Waals surface area (Å²) in [6.45, 7) is 8.05. The highest BCUT2D eigenvalue weighted by atomic mass is 16.6. The molecule has 176 valence electrons. The minimum Gasteiger partial charge on any atom is -0.457 e. The average Bonchev–Trinajstić information content (AvgIpc) is 2.71. The predicted molar refractivity (Wildman–Crippen MR) is 123 cm³/mol. The molecule has 0 aliphatic heterocycles. The monoisotopic (exact) mass is 455 g/mol. The predicted octanol–water partition coefficient (Wildman–Crippen LogP) is 2.97. The van der Waals surface area contributed by atoms with Gasteiger partial charge in [0, 0.05) is 0 Å². The van der Waals surface area contributed by atoms with Crippen molar-refractivity contribution in [2.75, 3.05) is 6.61 Å². The fraction of sp³-hybridized carbons (Fsp3) is 0.333. The molecule has 0 aliphatic carbocycles. The summed E-state index contributed by atoms with van der Waals surface area (Å²) in [5.74, 6) is -1.55. The molecule has 2 aromatic carbocycles. The quantitative estimate of drug-likeness (QED) is 0.281. The maximum atomic E-state index is 12.5. The van der Waals surface area contributed by atoms with Crippen molar-refractivity contribution < 1.29 is 28.6 Å². The molecule has 0 saturated carbocycles. The Balaban J connectivity index is 2.00. The van der Waals surface area contributed by atoms with E-state index in [1.807, 2.05) is 0 Å². The van der Waals surface area contributed by atoms with E-state index in [2.05, 4.69) is 4.99 Å². The largest absolute Gasteiger partial charge is 0.457 e. The zero-order valence-corrected chi connectivity index (χ0v) is 19.4. The Morgan fingerprint density at radius 3 is 1.97 bits per heavy atom. The lowest BCUT2D eigenvalue weighted by atomic mass is 9.85. The standard InChI is InChI=1S/C24H29N3O6/c1-23(2,3)33-19(28)14-31-21(30)24(4,5)16-8-12-18(13-9-16)32-20(29)15-6-10-17(11-7-15)27-22(25)26/h6-13H,14H2,1-5H3,(H4,25,26,27). The van der Waals surface area contributed by atoms with Crippen molar-refractivity contribution >= 4 is 29.6 Å². The highest BCUT2D eigenvalue weighted by molar-refractivity contribution is 5.91. The summed E-state index contributed by atoms with van der Waals surface area (Å²) >= 11 is 0. The van der Waals surface area contributed by atoms with Gasteiger partial charge in [-0.1, -0.05) is 12.1 Å². The second-order valence-corrected chi connectivity index (χ2v) is 8.79. The van der Waals surface area contributed by atoms with Gasteiger partial charge in [0.25, 0.3) is 0 Å². The first kappa shape index (κ1) is 25.4. The van der Waals surface area contributed by atoms with Crippen LogP contribution in [-0.2, 0) is 24.5 Å². The topological polar surface area (TPSA) is 143 Å². The summed E-state index contributed by atoms with van der Waals surface area (Å²) in [5, 5.41) is 0. The first-order chi connectivity index (χ1) is 15.3. The van der Waals surface area contributed by atoms with Crippen molar-refractivity contribution in [3.05, 3.63) is 59.7 Å². The molecule has 33 heavy (non-hydrogen) atoms. The van der Waals surface area contributed by atoms with Crippen LogP contribution in [0.3, 0.4) is 0 Å². The van der Waals surface area contributed by atoms with Crippen LogP contribution in [0.2, 0.25) is 0 Å². The fourth-order valence-corrected chi connectivity index (χ4v) is 2.72. The van der Waals surface area contributed by atoms with E-state index < -0.39 is 35.5 Å². The number of hydrogen-bond donors (Lipinski definition) is 2.